The molecule has 14 nitrogen and oxygen atoms in total. The Morgan fingerprint density at radius 3 is 1.49 bits per heavy atom. The van der Waals surface area contributed by atoms with E-state index >= 15 is 0 Å². The normalized spacial score (nSPS) is 18.5. The lowest BCUT2D eigenvalue weighted by Gasteiger charge is -2.37. The Morgan fingerprint density at radius 2 is 0.989 bits per heavy atom. The highest BCUT2D eigenvalue weighted by atomic mass is 16.3. The van der Waals surface area contributed by atoms with E-state index in [1.54, 1.807) is 6.20 Å². The van der Waals surface area contributed by atoms with Gasteiger partial charge in [-0.2, -0.15) is 20.4 Å². The number of aromatic amines is 1. The number of carbonyl (C=O) groups is 2. The van der Waals surface area contributed by atoms with Gasteiger partial charge >= 0.3 is 0 Å². The molecule has 0 unspecified atom stereocenters. The second-order valence-electron chi connectivity index (χ2n) is 25.4. The molecule has 4 atom stereocenters. The lowest BCUT2D eigenvalue weighted by molar-refractivity contribution is -0.0323. The summed E-state index contributed by atoms with van der Waals surface area (Å²) in [6, 6.07) is 67.5. The number of aromatic nitrogens is 10. The number of Topliss-reactive ketones (excluding diaryl/α,β-unsaturated/α-hetero) is 2. The fourth-order valence-corrected chi connectivity index (χ4v) is 14.6. The molecule has 3 N–H and O–H groups in total. The molecule has 15 rings (SSSR count). The largest absolute Gasteiger partial charge is 0.388 e. The molecule has 0 radical (unpaired) electrons. The van der Waals surface area contributed by atoms with Gasteiger partial charge in [0.05, 0.1) is 58.8 Å². The first-order valence-corrected chi connectivity index (χ1v) is 31.7. The maximum absolute atomic E-state index is 14.3. The minimum absolute atomic E-state index is 0.0655. The van der Waals surface area contributed by atoms with Crippen molar-refractivity contribution < 1.29 is 19.8 Å². The van der Waals surface area contributed by atoms with E-state index in [0.717, 1.165) is 126 Å². The van der Waals surface area contributed by atoms with Crippen LogP contribution in [0.5, 0.6) is 0 Å². The first-order valence-electron chi connectivity index (χ1n) is 31.7. The van der Waals surface area contributed by atoms with Gasteiger partial charge in [0.25, 0.3) is 0 Å². The van der Waals surface area contributed by atoms with Crippen LogP contribution in [0.4, 0.5) is 0 Å². The predicted octanol–water partition coefficient (Wildman–Crippen LogP) is 15.3. The van der Waals surface area contributed by atoms with Gasteiger partial charge in [0, 0.05) is 80.4 Å². The van der Waals surface area contributed by atoms with E-state index in [-0.39, 0.29) is 23.4 Å². The number of nitrogens with zero attached hydrogens (tertiary/aromatic N) is 9. The second kappa shape index (κ2) is 24.7. The fraction of sp³-hybridized carbons (Fsp3) is 0.247. The number of benzene rings is 7. The molecular weight excluding hydrogens is 1130 g/mol. The molecule has 13 aromatic rings. The summed E-state index contributed by atoms with van der Waals surface area (Å²) in [5, 5.41) is 49.5. The summed E-state index contributed by atoms with van der Waals surface area (Å²) in [6.45, 7) is 4.80. The summed E-state index contributed by atoms with van der Waals surface area (Å²) in [5.74, 6) is 0.385. The van der Waals surface area contributed by atoms with Gasteiger partial charge in [-0.3, -0.25) is 34.0 Å². The molecule has 2 aliphatic rings. The number of hydrogen-bond donors (Lipinski definition) is 3. The summed E-state index contributed by atoms with van der Waals surface area (Å²) in [6.07, 6.45) is 14.3. The maximum Gasteiger partial charge on any atom is 0.163 e. The predicted molar refractivity (Wildman–Crippen MR) is 358 cm³/mol. The number of aliphatic hydroxyl groups is 2. The first-order chi connectivity index (χ1) is 44.4. The smallest absolute Gasteiger partial charge is 0.163 e. The van der Waals surface area contributed by atoms with Gasteiger partial charge in [0.15, 0.2) is 11.6 Å². The van der Waals surface area contributed by atoms with Gasteiger partial charge in [-0.25, -0.2) is 4.68 Å². The van der Waals surface area contributed by atoms with Crippen molar-refractivity contribution in [2.24, 2.45) is 11.8 Å². The number of aryl methyl sites for hydroxylation is 2. The molecule has 2 saturated carbocycles. The number of rotatable bonds is 16. The number of pyridine rings is 2. The third-order valence-electron chi connectivity index (χ3n) is 18.9. The molecule has 0 aliphatic heterocycles. The molecular formula is C77H72N10O4. The number of para-hydroxylation sites is 2. The third-order valence-corrected chi connectivity index (χ3v) is 18.9. The fourth-order valence-electron chi connectivity index (χ4n) is 14.6. The van der Waals surface area contributed by atoms with Crippen molar-refractivity contribution in [2.75, 3.05) is 0 Å². The third kappa shape index (κ3) is 11.8. The van der Waals surface area contributed by atoms with Crippen LogP contribution in [0.2, 0.25) is 0 Å². The van der Waals surface area contributed by atoms with Gasteiger partial charge in [-0.05, 0) is 154 Å². The summed E-state index contributed by atoms with van der Waals surface area (Å²) >= 11 is 0. The Kier molecular flexibility index (Phi) is 16.0. The van der Waals surface area contributed by atoms with E-state index in [9.17, 15) is 19.8 Å². The second-order valence-corrected chi connectivity index (χ2v) is 25.4. The number of ketones is 2. The maximum atomic E-state index is 14.3. The minimum Gasteiger partial charge on any atom is -0.388 e. The molecule has 0 spiro atoms. The minimum atomic E-state index is -0.925. The standard InChI is InChI=1S/C48H43N5O2.C29H29N5O2/c1-34-28-37(25-27-49-34)46-42-30-36(45(54)29-35-14-13-26-47(55,31-35)33-52-43-22-12-11-15-38(43)32-50-52)23-24-44(42)53(51-46)48(39-16-5-2-6-17-39,40-18-7-3-8-19-40)41-20-9-4-10-21-41;1-19-13-22(10-12-30-19)28-24-15-21(8-9-25(24)32-33-28)27(35)14-20-5-4-11-29(36,16-20)18-34-26-7-3-2-6-23(26)17-31-34/h2-12,15-25,27-28,30,32,35,55H,13-14,26,29,31,33H2,1H3;2-3,6-10,12-13,15,17,20,36H,4-5,11,14,16,18H2,1H3,(H,32,33)/t35-,47+;20-,29+/m00/s1. The molecule has 454 valence electrons. The van der Waals surface area contributed by atoms with Crippen LogP contribution in [0, 0.1) is 25.7 Å². The van der Waals surface area contributed by atoms with Gasteiger partial charge < -0.3 is 10.2 Å². The van der Waals surface area contributed by atoms with Crippen molar-refractivity contribution in [1.29, 1.82) is 0 Å². The molecule has 0 bridgehead atoms. The van der Waals surface area contributed by atoms with Crippen LogP contribution < -0.4 is 0 Å². The van der Waals surface area contributed by atoms with Crippen LogP contribution in [0.15, 0.2) is 225 Å². The number of hydrogen-bond acceptors (Lipinski definition) is 10. The van der Waals surface area contributed by atoms with E-state index in [1.807, 2.05) is 157 Å². The highest BCUT2D eigenvalue weighted by Gasteiger charge is 2.42. The van der Waals surface area contributed by atoms with E-state index in [1.165, 1.54) is 0 Å². The highest BCUT2D eigenvalue weighted by Crippen LogP contribution is 2.45. The van der Waals surface area contributed by atoms with Crippen molar-refractivity contribution in [1.82, 2.24) is 49.5 Å². The lowest BCUT2D eigenvalue weighted by Crippen LogP contribution is -2.40. The van der Waals surface area contributed by atoms with Crippen LogP contribution in [-0.2, 0) is 18.6 Å². The van der Waals surface area contributed by atoms with Gasteiger partial charge in [0.2, 0.25) is 0 Å². The van der Waals surface area contributed by atoms with E-state index in [2.05, 4.69) is 120 Å². The summed E-state index contributed by atoms with van der Waals surface area (Å²) in [7, 11) is 0. The monoisotopic (exact) mass is 1200 g/mol. The molecule has 6 aromatic heterocycles. The molecule has 2 fully saturated rings. The molecule has 0 amide bonds. The molecule has 2 aliphatic carbocycles. The number of H-pyrrole nitrogens is 1. The van der Waals surface area contributed by atoms with Crippen LogP contribution in [0.3, 0.4) is 0 Å². The lowest BCUT2D eigenvalue weighted by atomic mass is 9.75. The SMILES string of the molecule is Cc1cc(-c2n[nH]c3ccc(C(=O)C[C@@H]4CCC[C@](O)(Cn5ncc6ccccc65)C4)cc23)ccn1.Cc1cc(-c2nn(C(c3ccccc3)(c3ccccc3)c3ccccc3)c3ccc(C(=O)C[C@@H]4CCC[C@](O)(Cn5ncc6ccccc65)C4)cc23)ccn1. The molecule has 6 heterocycles. The molecule has 7 aromatic carbocycles. The van der Waals surface area contributed by atoms with Crippen molar-refractivity contribution in [3.8, 4) is 22.5 Å². The Morgan fingerprint density at radius 1 is 0.527 bits per heavy atom. The number of nitrogens with one attached hydrogen (secondary N) is 1. The van der Waals surface area contributed by atoms with Crippen LogP contribution in [0.1, 0.15) is 113 Å². The molecule has 0 saturated heterocycles. The van der Waals surface area contributed by atoms with E-state index < -0.39 is 16.7 Å². The zero-order valence-corrected chi connectivity index (χ0v) is 51.2. The van der Waals surface area contributed by atoms with Crippen molar-refractivity contribution in [3.63, 3.8) is 0 Å². The van der Waals surface area contributed by atoms with Crippen LogP contribution in [-0.4, -0.2) is 82.5 Å². The highest BCUT2D eigenvalue weighted by molar-refractivity contribution is 6.04. The Hall–Kier alpha value is -10.0. The first kappa shape index (κ1) is 58.7. The molecule has 14 heteroatoms. The van der Waals surface area contributed by atoms with Crippen molar-refractivity contribution >= 4 is 55.2 Å². The van der Waals surface area contributed by atoms with Crippen molar-refractivity contribution in [3.05, 3.63) is 264 Å². The molecule has 91 heavy (non-hydrogen) atoms. The Bertz CT molecular complexity index is 4670. The van der Waals surface area contributed by atoms with Gasteiger partial charge in [-0.15, -0.1) is 0 Å². The van der Waals surface area contributed by atoms with Crippen molar-refractivity contribution in [2.45, 2.75) is 108 Å². The Labute approximate surface area is 528 Å². The topological polar surface area (TPSA) is 183 Å². The zero-order valence-electron chi connectivity index (χ0n) is 51.2. The number of carbonyl (C=O) groups excluding carboxylic acids is 2. The van der Waals surface area contributed by atoms with Crippen LogP contribution in [0.25, 0.3) is 66.1 Å². The van der Waals surface area contributed by atoms with Crippen LogP contribution >= 0.6 is 0 Å². The van der Waals surface area contributed by atoms with Gasteiger partial charge in [-0.1, -0.05) is 140 Å². The summed E-state index contributed by atoms with van der Waals surface area (Å²) in [5.41, 5.74) is 11.1. The van der Waals surface area contributed by atoms with E-state index in [4.69, 9.17) is 5.10 Å². The average Bonchev–Trinajstić information content (AvgIpc) is 1.63. The summed E-state index contributed by atoms with van der Waals surface area (Å²) in [4.78, 5) is 36.4. The quantitative estimate of drug-likeness (QED) is 0.0622. The number of fused-ring (bicyclic) bond motifs is 4. The average molecular weight is 1200 g/mol. The zero-order chi connectivity index (χ0) is 62.1. The summed E-state index contributed by atoms with van der Waals surface area (Å²) < 4.78 is 5.96. The van der Waals surface area contributed by atoms with E-state index in [0.29, 0.717) is 56.3 Å². The Balaban J connectivity index is 0.000000173. The van der Waals surface area contributed by atoms with Gasteiger partial charge in [0.1, 0.15) is 16.9 Å².